The van der Waals surface area contributed by atoms with Crippen LogP contribution in [0.4, 0.5) is 0 Å². The molecular weight excluding hydrogens is 727 g/mol. The fraction of sp³-hybridized carbons (Fsp3) is 0.383. The summed E-state index contributed by atoms with van der Waals surface area (Å²) in [5.74, 6) is 0. The molecule has 0 aliphatic heterocycles. The largest absolute Gasteiger partial charge is 1.00 e. The van der Waals surface area contributed by atoms with Crippen LogP contribution in [-0.2, 0) is 42.9 Å². The van der Waals surface area contributed by atoms with Crippen molar-refractivity contribution in [3.05, 3.63) is 151 Å². The van der Waals surface area contributed by atoms with E-state index >= 15 is 0 Å². The third-order valence-electron chi connectivity index (χ3n) is 11.2. The van der Waals surface area contributed by atoms with Crippen molar-refractivity contribution in [3.63, 3.8) is 0 Å². The first-order valence-corrected chi connectivity index (χ1v) is 21.8. The van der Waals surface area contributed by atoms with Crippen LogP contribution in [0, 0.1) is 13.8 Å². The maximum absolute atomic E-state index is 2.86. The predicted molar refractivity (Wildman–Crippen MR) is 206 cm³/mol. The first kappa shape index (κ1) is 40.5. The maximum atomic E-state index is 2.62. The topological polar surface area (TPSA) is 0 Å². The fourth-order valence-corrected chi connectivity index (χ4v) is 19.7. The monoisotopic (exact) mass is 780 g/mol. The molecule has 4 aromatic carbocycles. The first-order chi connectivity index (χ1) is 22.4. The van der Waals surface area contributed by atoms with Crippen LogP contribution in [0.25, 0.3) is 11.1 Å². The number of halogens is 2. The Kier molecular flexibility index (Phi) is 11.8. The molecule has 0 saturated heterocycles. The van der Waals surface area contributed by atoms with Crippen LogP contribution in [0.15, 0.2) is 106 Å². The maximum Gasteiger partial charge on any atom is -1.00 e. The molecule has 6 rings (SSSR count). The quantitative estimate of drug-likeness (QED) is 0.208. The van der Waals surface area contributed by atoms with Crippen molar-refractivity contribution in [2.75, 3.05) is 0 Å². The van der Waals surface area contributed by atoms with Gasteiger partial charge in [0, 0.05) is 0 Å². The SMILES string of the molecule is Cc1cc2c(cc1C(C)(C)C)-c1cc(C(C)(C)C)c(C)cc1[CH]2[Zr+2]([C]1=CC=CC1)=[C](C(C)(C)c1ccccc1)C(C)(C)c1ccccc1.[Cl-].[Cl-]. The Hall–Kier alpha value is -2.31. The molecule has 3 heteroatoms. The average Bonchev–Trinajstić information content (AvgIpc) is 3.65. The molecule has 0 amide bonds. The van der Waals surface area contributed by atoms with Gasteiger partial charge in [-0.1, -0.05) is 0 Å². The Morgan fingerprint density at radius 2 is 0.980 bits per heavy atom. The minimum atomic E-state index is -2.86. The zero-order valence-electron chi connectivity index (χ0n) is 32.4. The van der Waals surface area contributed by atoms with Crippen molar-refractivity contribution < 1.29 is 46.1 Å². The van der Waals surface area contributed by atoms with Crippen molar-refractivity contribution in [1.29, 1.82) is 0 Å². The van der Waals surface area contributed by atoms with Crippen LogP contribution in [0.1, 0.15) is 124 Å². The standard InChI is InChI=1S/C23H29.C19H22.C5H5.2ClH.Zr/c1-14-9-16-11-17-10-15(2)21(23(6,7)8)13-19(17)18(16)12-20(14)22(3,4)5;1-18(2,16-11-7-5-8-12-16)15-19(3,4)17-13-9-6-10-14-17;1-2-4-5-3-1;;;/h9-13H,1-8H3;5-14H,1-4H3;1-3H,4H2;2*1H;/q;;;;;+2/p-2. The van der Waals surface area contributed by atoms with Gasteiger partial charge in [0.15, 0.2) is 0 Å². The molecule has 0 N–H and O–H groups in total. The molecule has 4 aromatic rings. The van der Waals surface area contributed by atoms with E-state index in [1.807, 2.05) is 0 Å². The summed E-state index contributed by atoms with van der Waals surface area (Å²) in [6.07, 6.45) is 8.36. The Morgan fingerprint density at radius 3 is 1.32 bits per heavy atom. The minimum absolute atomic E-state index is 0. The van der Waals surface area contributed by atoms with Gasteiger partial charge < -0.3 is 24.8 Å². The average molecular weight is 783 g/mol. The molecule has 0 nitrogen and oxygen atoms in total. The van der Waals surface area contributed by atoms with E-state index in [1.54, 1.807) is 17.6 Å². The van der Waals surface area contributed by atoms with Crippen molar-refractivity contribution in [3.8, 4) is 11.1 Å². The van der Waals surface area contributed by atoms with Crippen LogP contribution in [0.3, 0.4) is 0 Å². The number of fused-ring (bicyclic) bond motifs is 3. The van der Waals surface area contributed by atoms with Gasteiger partial charge in [0.2, 0.25) is 0 Å². The smallest absolute Gasteiger partial charge is 1.00 e. The molecule has 262 valence electrons. The summed E-state index contributed by atoms with van der Waals surface area (Å²) in [6, 6.07) is 33.2. The van der Waals surface area contributed by atoms with Gasteiger partial charge in [-0.05, 0) is 0 Å². The van der Waals surface area contributed by atoms with E-state index in [2.05, 4.69) is 186 Å². The molecular formula is C47H56Cl2Zr. The van der Waals surface area contributed by atoms with Gasteiger partial charge in [-0.3, -0.25) is 0 Å². The Balaban J connectivity index is 0.00000281. The second-order valence-electron chi connectivity index (χ2n) is 17.5. The number of hydrogen-bond donors (Lipinski definition) is 0. The Labute approximate surface area is 323 Å². The van der Waals surface area contributed by atoms with Crippen molar-refractivity contribution in [2.45, 2.75) is 115 Å². The molecule has 2 aliphatic carbocycles. The Bertz CT molecular complexity index is 1840. The normalized spacial score (nSPS) is 14.2. The van der Waals surface area contributed by atoms with Crippen LogP contribution >= 0.6 is 0 Å². The zero-order valence-corrected chi connectivity index (χ0v) is 36.3. The van der Waals surface area contributed by atoms with Gasteiger partial charge in [0.25, 0.3) is 0 Å². The number of aryl methyl sites for hydroxylation is 2. The summed E-state index contributed by atoms with van der Waals surface area (Å²) in [6.45, 7) is 29.1. The van der Waals surface area contributed by atoms with E-state index in [1.165, 1.54) is 44.5 Å². The molecule has 0 atom stereocenters. The molecule has 0 saturated carbocycles. The van der Waals surface area contributed by atoms with Crippen LogP contribution in [-0.4, -0.2) is 3.21 Å². The number of benzene rings is 4. The van der Waals surface area contributed by atoms with E-state index < -0.39 is 21.3 Å². The van der Waals surface area contributed by atoms with Crippen LogP contribution in [0.5, 0.6) is 0 Å². The molecule has 0 spiro atoms. The molecule has 0 heterocycles. The van der Waals surface area contributed by atoms with Gasteiger partial charge >= 0.3 is 301 Å². The van der Waals surface area contributed by atoms with E-state index in [9.17, 15) is 0 Å². The van der Waals surface area contributed by atoms with Gasteiger partial charge in [-0.15, -0.1) is 0 Å². The van der Waals surface area contributed by atoms with Gasteiger partial charge in [-0.2, -0.15) is 0 Å². The van der Waals surface area contributed by atoms with Gasteiger partial charge in [0.05, 0.1) is 0 Å². The summed E-state index contributed by atoms with van der Waals surface area (Å²) in [5.41, 5.74) is 14.7. The van der Waals surface area contributed by atoms with Crippen molar-refractivity contribution >= 4 is 3.21 Å². The summed E-state index contributed by atoms with van der Waals surface area (Å²) >= 11 is -2.86. The van der Waals surface area contributed by atoms with Gasteiger partial charge in [0.1, 0.15) is 0 Å². The molecule has 0 aromatic heterocycles. The molecule has 0 bridgehead atoms. The van der Waals surface area contributed by atoms with E-state index in [-0.39, 0.29) is 46.5 Å². The molecule has 50 heavy (non-hydrogen) atoms. The van der Waals surface area contributed by atoms with E-state index in [4.69, 9.17) is 0 Å². The second kappa shape index (κ2) is 14.6. The number of allylic oxidation sites excluding steroid dienone is 4. The first-order valence-electron chi connectivity index (χ1n) is 18.0. The van der Waals surface area contributed by atoms with Gasteiger partial charge in [-0.25, -0.2) is 0 Å². The summed E-state index contributed by atoms with van der Waals surface area (Å²) < 4.78 is 3.91. The third kappa shape index (κ3) is 7.19. The summed E-state index contributed by atoms with van der Waals surface area (Å²) in [4.78, 5) is 0. The minimum Gasteiger partial charge on any atom is -1.00 e. The molecule has 2 aliphatic rings. The van der Waals surface area contributed by atoms with Crippen molar-refractivity contribution in [2.24, 2.45) is 0 Å². The zero-order chi connectivity index (χ0) is 34.8. The van der Waals surface area contributed by atoms with E-state index in [0.29, 0.717) is 3.63 Å². The summed E-state index contributed by atoms with van der Waals surface area (Å²) in [7, 11) is 0. The summed E-state index contributed by atoms with van der Waals surface area (Å²) in [5, 5.41) is 0. The Morgan fingerprint density at radius 1 is 0.580 bits per heavy atom. The van der Waals surface area contributed by atoms with E-state index in [0.717, 1.165) is 6.42 Å². The number of rotatable bonds is 6. The fourth-order valence-electron chi connectivity index (χ4n) is 9.09. The molecule has 0 radical (unpaired) electrons. The second-order valence-corrected chi connectivity index (χ2v) is 23.8. The third-order valence-corrected chi connectivity index (χ3v) is 21.2. The molecule has 0 fully saturated rings. The van der Waals surface area contributed by atoms with Crippen LogP contribution in [0.2, 0.25) is 0 Å². The predicted octanol–water partition coefficient (Wildman–Crippen LogP) is 6.57. The number of hydrogen-bond acceptors (Lipinski definition) is 0. The molecule has 0 unspecified atom stereocenters. The van der Waals surface area contributed by atoms with Crippen LogP contribution < -0.4 is 24.8 Å². The van der Waals surface area contributed by atoms with Crippen molar-refractivity contribution in [1.82, 2.24) is 0 Å².